The first-order chi connectivity index (χ1) is 11.0. The van der Waals surface area contributed by atoms with Gasteiger partial charge in [0.15, 0.2) is 0 Å². The second-order valence-electron chi connectivity index (χ2n) is 5.96. The molecule has 8 nitrogen and oxygen atoms in total. The zero-order chi connectivity index (χ0) is 16.7. The summed E-state index contributed by atoms with van der Waals surface area (Å²) >= 11 is 0. The van der Waals surface area contributed by atoms with Crippen LogP contribution in [0.25, 0.3) is 0 Å². The summed E-state index contributed by atoms with van der Waals surface area (Å²) in [5.74, 6) is 0.782. The monoisotopic (exact) mass is 320 g/mol. The number of hydrogen-bond donors (Lipinski definition) is 2. The summed E-state index contributed by atoms with van der Waals surface area (Å²) in [5.41, 5.74) is 0. The van der Waals surface area contributed by atoms with Gasteiger partial charge in [0.05, 0.1) is 6.54 Å². The quantitative estimate of drug-likeness (QED) is 0.798. The molecule has 23 heavy (non-hydrogen) atoms. The molecule has 0 bridgehead atoms. The van der Waals surface area contributed by atoms with Crippen molar-refractivity contribution < 1.29 is 9.59 Å². The lowest BCUT2D eigenvalue weighted by Gasteiger charge is -2.34. The van der Waals surface area contributed by atoms with Crippen molar-refractivity contribution in [2.24, 2.45) is 5.92 Å². The van der Waals surface area contributed by atoms with Crippen molar-refractivity contribution in [1.29, 1.82) is 0 Å². The summed E-state index contributed by atoms with van der Waals surface area (Å²) in [6.45, 7) is 7.76. The highest BCUT2D eigenvalue weighted by molar-refractivity contribution is 5.95. The third kappa shape index (κ3) is 5.82. The molecule has 1 aromatic rings. The lowest BCUT2D eigenvalue weighted by atomic mass is 10.2. The standard InChI is InChI=1S/C15H24N6O2/c1-12(2)10-18-15(23)19-13(22)11-20-6-8-21(9-7-20)14-16-4-3-5-17-14/h3-5,12H,6-11H2,1-2H3,(H2,18,19,22,23). The van der Waals surface area contributed by atoms with E-state index in [0.29, 0.717) is 18.4 Å². The molecule has 0 atom stereocenters. The van der Waals surface area contributed by atoms with Crippen LogP contribution in [0.15, 0.2) is 18.5 Å². The molecule has 1 saturated heterocycles. The Bertz CT molecular complexity index is 514. The van der Waals surface area contributed by atoms with E-state index in [-0.39, 0.29) is 12.5 Å². The fourth-order valence-electron chi connectivity index (χ4n) is 2.27. The first-order valence-corrected chi connectivity index (χ1v) is 7.86. The van der Waals surface area contributed by atoms with Crippen LogP contribution < -0.4 is 15.5 Å². The number of urea groups is 1. The SMILES string of the molecule is CC(C)CNC(=O)NC(=O)CN1CCN(c2ncccn2)CC1. The molecule has 8 heteroatoms. The first-order valence-electron chi connectivity index (χ1n) is 7.86. The maximum absolute atomic E-state index is 11.9. The Hall–Kier alpha value is -2.22. The van der Waals surface area contributed by atoms with Gasteiger partial charge in [-0.25, -0.2) is 14.8 Å². The van der Waals surface area contributed by atoms with Gasteiger partial charge in [0.2, 0.25) is 11.9 Å². The van der Waals surface area contributed by atoms with Crippen LogP contribution in [0.4, 0.5) is 10.7 Å². The van der Waals surface area contributed by atoms with Gasteiger partial charge in [-0.05, 0) is 12.0 Å². The topological polar surface area (TPSA) is 90.5 Å². The van der Waals surface area contributed by atoms with Crippen LogP contribution in [0.2, 0.25) is 0 Å². The van der Waals surface area contributed by atoms with E-state index in [2.05, 4.69) is 25.5 Å². The first kappa shape index (κ1) is 17.1. The van der Waals surface area contributed by atoms with Crippen molar-refractivity contribution in [1.82, 2.24) is 25.5 Å². The highest BCUT2D eigenvalue weighted by Gasteiger charge is 2.21. The second kappa shape index (κ2) is 8.42. The zero-order valence-corrected chi connectivity index (χ0v) is 13.7. The summed E-state index contributed by atoms with van der Waals surface area (Å²) in [7, 11) is 0. The van der Waals surface area contributed by atoms with E-state index in [0.717, 1.165) is 26.2 Å². The van der Waals surface area contributed by atoms with Crippen molar-refractivity contribution in [3.63, 3.8) is 0 Å². The number of piperazine rings is 1. The van der Waals surface area contributed by atoms with Gasteiger partial charge in [-0.2, -0.15) is 0 Å². The number of amides is 3. The van der Waals surface area contributed by atoms with Crippen LogP contribution in [0, 0.1) is 5.92 Å². The number of nitrogens with zero attached hydrogens (tertiary/aromatic N) is 4. The van der Waals surface area contributed by atoms with Crippen LogP contribution in [0.5, 0.6) is 0 Å². The Balaban J connectivity index is 1.69. The number of carbonyl (C=O) groups excluding carboxylic acids is 2. The molecule has 0 aliphatic carbocycles. The van der Waals surface area contributed by atoms with Crippen LogP contribution >= 0.6 is 0 Å². The van der Waals surface area contributed by atoms with Crippen molar-refractivity contribution in [2.75, 3.05) is 44.2 Å². The van der Waals surface area contributed by atoms with Gasteiger partial charge in [-0.1, -0.05) is 13.8 Å². The summed E-state index contributed by atoms with van der Waals surface area (Å²) in [5, 5.41) is 5.02. The number of aromatic nitrogens is 2. The molecule has 2 heterocycles. The van der Waals surface area contributed by atoms with Gasteiger partial charge >= 0.3 is 6.03 Å². The van der Waals surface area contributed by atoms with E-state index >= 15 is 0 Å². The normalized spacial score (nSPS) is 15.5. The van der Waals surface area contributed by atoms with Crippen molar-refractivity contribution in [3.8, 4) is 0 Å². The molecule has 2 rings (SSSR count). The highest BCUT2D eigenvalue weighted by atomic mass is 16.2. The minimum Gasteiger partial charge on any atom is -0.338 e. The van der Waals surface area contributed by atoms with Gasteiger partial charge < -0.3 is 10.2 Å². The van der Waals surface area contributed by atoms with Crippen molar-refractivity contribution >= 4 is 17.9 Å². The zero-order valence-electron chi connectivity index (χ0n) is 13.7. The van der Waals surface area contributed by atoms with E-state index in [1.54, 1.807) is 18.5 Å². The number of imide groups is 1. The molecule has 0 aromatic carbocycles. The van der Waals surface area contributed by atoms with Crippen molar-refractivity contribution in [3.05, 3.63) is 18.5 Å². The number of nitrogens with one attached hydrogen (secondary N) is 2. The molecule has 0 spiro atoms. The van der Waals surface area contributed by atoms with Crippen LogP contribution in [-0.2, 0) is 4.79 Å². The van der Waals surface area contributed by atoms with Crippen LogP contribution in [0.3, 0.4) is 0 Å². The third-order valence-corrected chi connectivity index (χ3v) is 3.50. The molecule has 1 fully saturated rings. The number of carbonyl (C=O) groups is 2. The number of hydrogen-bond acceptors (Lipinski definition) is 6. The minimum absolute atomic E-state index is 0.221. The third-order valence-electron chi connectivity index (χ3n) is 3.50. The van der Waals surface area contributed by atoms with E-state index in [9.17, 15) is 9.59 Å². The van der Waals surface area contributed by atoms with Gasteiger partial charge in [0.1, 0.15) is 0 Å². The predicted molar refractivity (Wildman–Crippen MR) is 87.1 cm³/mol. The van der Waals surface area contributed by atoms with Gasteiger partial charge in [-0.3, -0.25) is 15.0 Å². The van der Waals surface area contributed by atoms with Gasteiger partial charge in [0, 0.05) is 45.1 Å². The average Bonchev–Trinajstić information content (AvgIpc) is 2.54. The summed E-state index contributed by atoms with van der Waals surface area (Å²) in [6.07, 6.45) is 3.44. The average molecular weight is 320 g/mol. The molecular weight excluding hydrogens is 296 g/mol. The highest BCUT2D eigenvalue weighted by Crippen LogP contribution is 2.09. The number of anilines is 1. The van der Waals surface area contributed by atoms with E-state index in [1.807, 2.05) is 18.7 Å². The van der Waals surface area contributed by atoms with Crippen LogP contribution in [-0.4, -0.2) is 66.1 Å². The Morgan fingerprint density at radius 1 is 1.17 bits per heavy atom. The van der Waals surface area contributed by atoms with E-state index in [4.69, 9.17) is 0 Å². The fourth-order valence-corrected chi connectivity index (χ4v) is 2.27. The molecule has 2 N–H and O–H groups in total. The van der Waals surface area contributed by atoms with Gasteiger partial charge in [-0.15, -0.1) is 0 Å². The molecule has 0 saturated carbocycles. The Morgan fingerprint density at radius 3 is 2.43 bits per heavy atom. The van der Waals surface area contributed by atoms with E-state index < -0.39 is 6.03 Å². The van der Waals surface area contributed by atoms with Gasteiger partial charge in [0.25, 0.3) is 0 Å². The predicted octanol–water partition coefficient (Wildman–Crippen LogP) is 0.0804. The maximum atomic E-state index is 11.9. The lowest BCUT2D eigenvalue weighted by molar-refractivity contribution is -0.121. The Kier molecular flexibility index (Phi) is 6.28. The fraction of sp³-hybridized carbons (Fsp3) is 0.600. The molecule has 3 amide bonds. The summed E-state index contributed by atoms with van der Waals surface area (Å²) in [4.78, 5) is 36.0. The summed E-state index contributed by atoms with van der Waals surface area (Å²) in [6, 6.07) is 1.36. The van der Waals surface area contributed by atoms with Crippen LogP contribution in [0.1, 0.15) is 13.8 Å². The molecule has 0 unspecified atom stereocenters. The smallest absolute Gasteiger partial charge is 0.321 e. The Labute approximate surface area is 136 Å². The molecule has 1 aliphatic rings. The number of rotatable bonds is 5. The minimum atomic E-state index is -0.431. The van der Waals surface area contributed by atoms with E-state index in [1.165, 1.54) is 0 Å². The molecule has 0 radical (unpaired) electrons. The lowest BCUT2D eigenvalue weighted by Crippen LogP contribution is -2.51. The second-order valence-corrected chi connectivity index (χ2v) is 5.96. The molecule has 1 aliphatic heterocycles. The van der Waals surface area contributed by atoms with Crippen molar-refractivity contribution in [2.45, 2.75) is 13.8 Å². The molecule has 126 valence electrons. The largest absolute Gasteiger partial charge is 0.338 e. The molecular formula is C15H24N6O2. The Morgan fingerprint density at radius 2 is 1.83 bits per heavy atom. The summed E-state index contributed by atoms with van der Waals surface area (Å²) < 4.78 is 0. The molecule has 1 aromatic heterocycles. The maximum Gasteiger partial charge on any atom is 0.321 e.